The van der Waals surface area contributed by atoms with Crippen molar-refractivity contribution in [1.29, 1.82) is 0 Å². The third-order valence-corrected chi connectivity index (χ3v) is 19.8. The molecule has 0 amide bonds. The van der Waals surface area contributed by atoms with Gasteiger partial charge in [-0.15, -0.1) is 0 Å². The van der Waals surface area contributed by atoms with E-state index in [-0.39, 0.29) is 16.9 Å². The Morgan fingerprint density at radius 3 is 1.79 bits per heavy atom. The van der Waals surface area contributed by atoms with Gasteiger partial charge in [-0.05, 0) is 106 Å². The lowest BCUT2D eigenvalue weighted by Crippen LogP contribution is -2.68. The van der Waals surface area contributed by atoms with Crippen LogP contribution in [-0.2, 0) is 47.4 Å². The molecule has 0 aromatic carbocycles. The zero-order valence-corrected chi connectivity index (χ0v) is 42.2. The van der Waals surface area contributed by atoms with Gasteiger partial charge in [-0.25, -0.2) is 0 Å². The van der Waals surface area contributed by atoms with Crippen LogP contribution in [0.3, 0.4) is 0 Å². The molecule has 10 aliphatic rings. The van der Waals surface area contributed by atoms with Crippen LogP contribution in [0.5, 0.6) is 0 Å². The van der Waals surface area contributed by atoms with Crippen LogP contribution in [0, 0.1) is 46.3 Å². The summed E-state index contributed by atoms with van der Waals surface area (Å²) >= 11 is 0. The third kappa shape index (κ3) is 9.09. The van der Waals surface area contributed by atoms with Crippen molar-refractivity contribution >= 4 is 0 Å². The molecule has 0 aromatic heterocycles. The number of aliphatic hydroxyl groups is 11. The maximum Gasteiger partial charge on any atom is 0.187 e. The van der Waals surface area contributed by atoms with Crippen molar-refractivity contribution in [3.63, 3.8) is 0 Å². The Kier molecular flexibility index (Phi) is 15.5. The van der Waals surface area contributed by atoms with E-state index >= 15 is 0 Å². The second-order valence-electron chi connectivity index (χ2n) is 23.9. The van der Waals surface area contributed by atoms with Gasteiger partial charge < -0.3 is 104 Å². The lowest BCUT2D eigenvalue weighted by atomic mass is 9.47. The second kappa shape index (κ2) is 20.6. The standard InChI is InChI=1S/C51H82O21/c1-20-9-14-51(63-19-20)21(2)32-29(72-51)16-28-26-8-7-24-15-25(10-12-49(24,5)27(26)11-13-50(28,32)6)66-47-44(71-46-40(61)37(58)34(55)23(4)65-46)41(62)42(31(18-53)68-47)69-48-43(38(59)35(56)30(17-52)67-48)70-45-39(60)36(57)33(54)22(3)64-45/h7,20-23,25-48,52-62H,8-19H2,1-6H3/t20-,21-,22-,23-,25-,26+,27-,28-,29-,30+,31+,32-,33-,34-,35+,36+,37+,38-,39+,40+,41-,42+,43+,44+,45-,46-,47+,48-,49-,50-,51+/m0/s1. The number of fused-ring (bicyclic) bond motifs is 7. The molecule has 3 saturated carbocycles. The van der Waals surface area contributed by atoms with E-state index in [0.29, 0.717) is 48.3 Å². The largest absolute Gasteiger partial charge is 0.394 e. The van der Waals surface area contributed by atoms with Crippen LogP contribution in [0.2, 0.25) is 0 Å². The molecule has 11 N–H and O–H groups in total. The molecule has 0 bridgehead atoms. The highest BCUT2D eigenvalue weighted by Gasteiger charge is 2.69. The van der Waals surface area contributed by atoms with E-state index in [1.54, 1.807) is 0 Å². The summed E-state index contributed by atoms with van der Waals surface area (Å²) in [6, 6.07) is 0. The van der Waals surface area contributed by atoms with Crippen molar-refractivity contribution in [2.75, 3.05) is 19.8 Å². The highest BCUT2D eigenvalue weighted by atomic mass is 16.8. The molecule has 6 heterocycles. The summed E-state index contributed by atoms with van der Waals surface area (Å²) in [5, 5.41) is 120. The number of allylic oxidation sites excluding steroid dienone is 1. The Morgan fingerprint density at radius 2 is 1.18 bits per heavy atom. The van der Waals surface area contributed by atoms with Crippen LogP contribution in [0.1, 0.15) is 99.3 Å². The van der Waals surface area contributed by atoms with E-state index < -0.39 is 148 Å². The van der Waals surface area contributed by atoms with Crippen LogP contribution in [0.15, 0.2) is 11.6 Å². The number of ether oxygens (including phenoxy) is 10. The molecule has 10 rings (SSSR count). The quantitative estimate of drug-likeness (QED) is 0.118. The van der Waals surface area contributed by atoms with Crippen molar-refractivity contribution in [3.05, 3.63) is 11.6 Å². The first-order chi connectivity index (χ1) is 34.1. The van der Waals surface area contributed by atoms with E-state index in [1.807, 2.05) is 0 Å². The Balaban J connectivity index is 0.872. The highest BCUT2D eigenvalue weighted by molar-refractivity contribution is 5.26. The monoisotopic (exact) mass is 1030 g/mol. The van der Waals surface area contributed by atoms with E-state index in [1.165, 1.54) is 19.4 Å². The average molecular weight is 1030 g/mol. The van der Waals surface area contributed by atoms with Gasteiger partial charge >= 0.3 is 0 Å². The Bertz CT molecular complexity index is 1910. The van der Waals surface area contributed by atoms with Gasteiger partial charge in [0.2, 0.25) is 0 Å². The van der Waals surface area contributed by atoms with E-state index in [2.05, 4.69) is 33.8 Å². The minimum absolute atomic E-state index is 0.0848. The summed E-state index contributed by atoms with van der Waals surface area (Å²) in [7, 11) is 0. The molecule has 0 aromatic rings. The van der Waals surface area contributed by atoms with Gasteiger partial charge in [0, 0.05) is 12.3 Å². The summed E-state index contributed by atoms with van der Waals surface area (Å²) in [5.74, 6) is 2.35. The van der Waals surface area contributed by atoms with Gasteiger partial charge in [0.25, 0.3) is 0 Å². The second-order valence-corrected chi connectivity index (χ2v) is 23.9. The lowest BCUT2D eigenvalue weighted by molar-refractivity contribution is -0.401. The Hall–Kier alpha value is -1.10. The molecule has 72 heavy (non-hydrogen) atoms. The molecule has 6 aliphatic heterocycles. The minimum atomic E-state index is -1.89. The molecule has 21 nitrogen and oxygen atoms in total. The summed E-state index contributed by atoms with van der Waals surface area (Å²) in [6.45, 7) is 11.6. The first-order valence-corrected chi connectivity index (χ1v) is 26.7. The van der Waals surface area contributed by atoms with Crippen molar-refractivity contribution in [2.24, 2.45) is 46.3 Å². The summed E-state index contributed by atoms with van der Waals surface area (Å²) in [4.78, 5) is 0. The molecule has 6 saturated heterocycles. The molecular formula is C51H82O21. The highest BCUT2D eigenvalue weighted by Crippen LogP contribution is 2.71. The summed E-state index contributed by atoms with van der Waals surface area (Å²) < 4.78 is 62.5. The molecule has 31 atom stereocenters. The van der Waals surface area contributed by atoms with E-state index in [0.717, 1.165) is 51.6 Å². The number of hydrogen-bond donors (Lipinski definition) is 11. The smallest absolute Gasteiger partial charge is 0.187 e. The van der Waals surface area contributed by atoms with Crippen LogP contribution in [-0.4, -0.2) is 217 Å². The fourth-order valence-corrected chi connectivity index (χ4v) is 15.4. The molecule has 21 heteroatoms. The molecule has 0 unspecified atom stereocenters. The molecule has 1 spiro atoms. The maximum atomic E-state index is 12.4. The normalized spacial score (nSPS) is 57.8. The van der Waals surface area contributed by atoms with Crippen molar-refractivity contribution in [1.82, 2.24) is 0 Å². The van der Waals surface area contributed by atoms with Crippen LogP contribution >= 0.6 is 0 Å². The summed E-state index contributed by atoms with van der Waals surface area (Å²) in [5.41, 5.74) is 1.36. The van der Waals surface area contributed by atoms with Crippen LogP contribution in [0.25, 0.3) is 0 Å². The topological polar surface area (TPSA) is 315 Å². The van der Waals surface area contributed by atoms with E-state index in [4.69, 9.17) is 47.4 Å². The predicted octanol–water partition coefficient (Wildman–Crippen LogP) is -0.934. The lowest BCUT2D eigenvalue weighted by Gasteiger charge is -2.59. The SMILES string of the molecule is C[C@H]1CC[C@@]2(OC1)O[C@H]1C[C@H]3[C@@H]4CC=C5C[C@@H](O[C@@H]6O[C@H](CO)[C@@H](O[C@@H]7O[C@H](CO)[C@@H](O)[C@H](O)[C@H]7O[C@@H]7O[C@@H](C)[C@H](O)[C@@H](O)[C@H]7O)[C@H](O)[C@H]6O[C@@H]6O[C@@H](C)[C@H](O)[C@@H](O)[C@H]6O)CC[C@]5(C)[C@H]4CC[C@]3(C)[C@H]1[C@@H]2C. The first-order valence-electron chi connectivity index (χ1n) is 26.7. The minimum Gasteiger partial charge on any atom is -0.394 e. The summed E-state index contributed by atoms with van der Waals surface area (Å²) in [6.07, 6.45) is -21.6. The van der Waals surface area contributed by atoms with Gasteiger partial charge in [0.1, 0.15) is 85.5 Å². The fourth-order valence-electron chi connectivity index (χ4n) is 15.4. The van der Waals surface area contributed by atoms with Crippen molar-refractivity contribution in [2.45, 2.75) is 240 Å². The Labute approximate surface area is 420 Å². The molecular weight excluding hydrogens is 949 g/mol. The number of aliphatic hydroxyl groups excluding tert-OH is 11. The zero-order chi connectivity index (χ0) is 51.5. The van der Waals surface area contributed by atoms with Gasteiger partial charge in [-0.1, -0.05) is 39.3 Å². The van der Waals surface area contributed by atoms with Gasteiger partial charge in [-0.3, -0.25) is 0 Å². The van der Waals surface area contributed by atoms with Gasteiger partial charge in [0.05, 0.1) is 44.2 Å². The zero-order valence-electron chi connectivity index (χ0n) is 42.2. The third-order valence-electron chi connectivity index (χ3n) is 19.8. The first kappa shape index (κ1) is 54.3. The van der Waals surface area contributed by atoms with Crippen molar-refractivity contribution in [3.8, 4) is 0 Å². The Morgan fingerprint density at radius 1 is 0.583 bits per heavy atom. The fraction of sp³-hybridized carbons (Fsp3) is 0.961. The van der Waals surface area contributed by atoms with E-state index in [9.17, 15) is 56.2 Å². The van der Waals surface area contributed by atoms with Crippen LogP contribution < -0.4 is 0 Å². The average Bonchev–Trinajstić information content (AvgIpc) is 3.81. The molecule has 0 radical (unpaired) electrons. The molecule has 9 fully saturated rings. The van der Waals surface area contributed by atoms with Crippen LogP contribution in [0.4, 0.5) is 0 Å². The van der Waals surface area contributed by atoms with Gasteiger partial charge in [-0.2, -0.15) is 0 Å². The number of rotatable bonds is 10. The maximum absolute atomic E-state index is 12.4. The van der Waals surface area contributed by atoms with Gasteiger partial charge in [0.15, 0.2) is 30.9 Å². The number of hydrogen-bond acceptors (Lipinski definition) is 21. The molecule has 412 valence electrons. The predicted molar refractivity (Wildman–Crippen MR) is 245 cm³/mol. The van der Waals surface area contributed by atoms with Crippen molar-refractivity contribution < 1.29 is 104 Å². The molecule has 4 aliphatic carbocycles.